The van der Waals surface area contributed by atoms with Crippen LogP contribution in [0.2, 0.25) is 0 Å². The van der Waals surface area contributed by atoms with Gasteiger partial charge >= 0.3 is 0 Å². The first-order valence-corrected chi connectivity index (χ1v) is 5.38. The van der Waals surface area contributed by atoms with E-state index in [9.17, 15) is 0 Å². The van der Waals surface area contributed by atoms with Crippen LogP contribution in [0.3, 0.4) is 0 Å². The van der Waals surface area contributed by atoms with Gasteiger partial charge < -0.3 is 4.90 Å². The molecule has 0 N–H and O–H groups in total. The molecule has 0 saturated carbocycles. The Bertz CT molecular complexity index is 271. The van der Waals surface area contributed by atoms with E-state index in [-0.39, 0.29) is 0 Å². The zero-order valence-electron chi connectivity index (χ0n) is 9.80. The first-order chi connectivity index (χ1) is 6.65. The Labute approximate surface area is 87.7 Å². The van der Waals surface area contributed by atoms with Gasteiger partial charge in [0.05, 0.1) is 0 Å². The van der Waals surface area contributed by atoms with Crippen molar-refractivity contribution in [3.8, 4) is 0 Å². The van der Waals surface area contributed by atoms with Gasteiger partial charge in [-0.05, 0) is 50.6 Å². The van der Waals surface area contributed by atoms with Crippen molar-refractivity contribution in [3.63, 3.8) is 0 Å². The van der Waals surface area contributed by atoms with Crippen molar-refractivity contribution >= 4 is 0 Å². The van der Waals surface area contributed by atoms with Crippen molar-refractivity contribution in [1.29, 1.82) is 0 Å². The Morgan fingerprint density at radius 2 is 1.71 bits per heavy atom. The van der Waals surface area contributed by atoms with Crippen LogP contribution in [0.15, 0.2) is 18.2 Å². The van der Waals surface area contributed by atoms with Gasteiger partial charge in [0.2, 0.25) is 0 Å². The molecular formula is C13H21N. The first kappa shape index (κ1) is 11.3. The van der Waals surface area contributed by atoms with Crippen molar-refractivity contribution in [2.24, 2.45) is 0 Å². The number of rotatable bonds is 4. The molecule has 1 aromatic rings. The fraction of sp³-hybridized carbons (Fsp3) is 0.538. The molecule has 0 spiro atoms. The summed E-state index contributed by atoms with van der Waals surface area (Å²) >= 11 is 0. The van der Waals surface area contributed by atoms with Gasteiger partial charge in [-0.2, -0.15) is 0 Å². The highest BCUT2D eigenvalue weighted by Crippen LogP contribution is 2.14. The summed E-state index contributed by atoms with van der Waals surface area (Å²) in [5.41, 5.74) is 4.31. The zero-order chi connectivity index (χ0) is 10.6. The molecule has 0 bridgehead atoms. The van der Waals surface area contributed by atoms with E-state index in [4.69, 9.17) is 0 Å². The lowest BCUT2D eigenvalue weighted by Crippen LogP contribution is -2.19. The number of hydrogen-bond donors (Lipinski definition) is 0. The molecule has 0 aliphatic heterocycles. The summed E-state index contributed by atoms with van der Waals surface area (Å²) in [6, 6.07) is 6.53. The number of hydrogen-bond acceptors (Lipinski definition) is 1. The lowest BCUT2D eigenvalue weighted by molar-refractivity contribution is 0.326. The van der Waals surface area contributed by atoms with E-state index in [1.807, 2.05) is 0 Å². The fourth-order valence-corrected chi connectivity index (χ4v) is 1.83. The van der Waals surface area contributed by atoms with Gasteiger partial charge in [-0.15, -0.1) is 0 Å². The summed E-state index contributed by atoms with van der Waals surface area (Å²) in [6.07, 6.45) is 1.22. The molecule has 0 radical (unpaired) electrons. The normalized spacial score (nSPS) is 10.9. The second-order valence-electron chi connectivity index (χ2n) is 4.11. The van der Waals surface area contributed by atoms with Crippen molar-refractivity contribution in [2.45, 2.75) is 33.7 Å². The quantitative estimate of drug-likeness (QED) is 0.706. The third-order valence-corrected chi connectivity index (χ3v) is 2.68. The Balaban J connectivity index is 2.75. The van der Waals surface area contributed by atoms with E-state index < -0.39 is 0 Å². The van der Waals surface area contributed by atoms with Gasteiger partial charge in [0, 0.05) is 6.54 Å². The van der Waals surface area contributed by atoms with Gasteiger partial charge in [0.25, 0.3) is 0 Å². The second kappa shape index (κ2) is 5.16. The molecule has 1 aromatic carbocycles. The topological polar surface area (TPSA) is 3.24 Å². The van der Waals surface area contributed by atoms with Gasteiger partial charge in [0.15, 0.2) is 0 Å². The highest BCUT2D eigenvalue weighted by molar-refractivity contribution is 5.33. The van der Waals surface area contributed by atoms with Crippen LogP contribution in [-0.4, -0.2) is 18.5 Å². The van der Waals surface area contributed by atoms with Gasteiger partial charge in [-0.1, -0.05) is 25.1 Å². The minimum Gasteiger partial charge on any atom is -0.302 e. The lowest BCUT2D eigenvalue weighted by Gasteiger charge is -2.18. The molecule has 0 aliphatic rings. The average molecular weight is 191 g/mol. The summed E-state index contributed by atoms with van der Waals surface area (Å²) in [5, 5.41) is 0. The average Bonchev–Trinajstić information content (AvgIpc) is 2.12. The van der Waals surface area contributed by atoms with Gasteiger partial charge in [-0.3, -0.25) is 0 Å². The van der Waals surface area contributed by atoms with Crippen molar-refractivity contribution in [2.75, 3.05) is 13.6 Å². The molecule has 1 nitrogen and oxygen atoms in total. The van der Waals surface area contributed by atoms with Crippen LogP contribution in [0.25, 0.3) is 0 Å². The van der Waals surface area contributed by atoms with Crippen molar-refractivity contribution in [1.82, 2.24) is 4.90 Å². The standard InChI is InChI=1S/C13H21N/c1-5-9-14(4)10-13-11(2)7-6-8-12(13)3/h6-8H,5,9-10H2,1-4H3. The van der Waals surface area contributed by atoms with Crippen LogP contribution in [0, 0.1) is 13.8 Å². The van der Waals surface area contributed by atoms with Crippen LogP contribution < -0.4 is 0 Å². The molecule has 0 amide bonds. The summed E-state index contributed by atoms with van der Waals surface area (Å²) in [4.78, 5) is 2.38. The smallest absolute Gasteiger partial charge is 0.0235 e. The molecule has 1 heteroatoms. The maximum absolute atomic E-state index is 2.38. The molecule has 14 heavy (non-hydrogen) atoms. The van der Waals surface area contributed by atoms with Gasteiger partial charge in [-0.25, -0.2) is 0 Å². The summed E-state index contributed by atoms with van der Waals surface area (Å²) in [5.74, 6) is 0. The lowest BCUT2D eigenvalue weighted by atomic mass is 10.0. The van der Waals surface area contributed by atoms with Gasteiger partial charge in [0.1, 0.15) is 0 Å². The van der Waals surface area contributed by atoms with Crippen molar-refractivity contribution in [3.05, 3.63) is 34.9 Å². The zero-order valence-corrected chi connectivity index (χ0v) is 9.80. The number of aryl methyl sites for hydroxylation is 2. The predicted molar refractivity (Wildman–Crippen MR) is 62.5 cm³/mol. The SMILES string of the molecule is CCCN(C)Cc1c(C)cccc1C. The number of nitrogens with zero attached hydrogens (tertiary/aromatic N) is 1. The molecule has 0 aromatic heterocycles. The van der Waals surface area contributed by atoms with E-state index in [1.54, 1.807) is 0 Å². The third kappa shape index (κ3) is 2.85. The Morgan fingerprint density at radius 3 is 2.21 bits per heavy atom. The molecule has 0 heterocycles. The minimum atomic E-state index is 1.08. The van der Waals surface area contributed by atoms with E-state index in [1.165, 1.54) is 29.7 Å². The second-order valence-corrected chi connectivity index (χ2v) is 4.11. The molecular weight excluding hydrogens is 170 g/mol. The molecule has 78 valence electrons. The molecule has 1 rings (SSSR count). The van der Waals surface area contributed by atoms with E-state index in [0.717, 1.165) is 6.54 Å². The monoisotopic (exact) mass is 191 g/mol. The maximum atomic E-state index is 2.38. The third-order valence-electron chi connectivity index (χ3n) is 2.68. The Kier molecular flexibility index (Phi) is 4.15. The van der Waals surface area contributed by atoms with Crippen LogP contribution in [-0.2, 0) is 6.54 Å². The predicted octanol–water partition coefficient (Wildman–Crippen LogP) is 3.15. The van der Waals surface area contributed by atoms with Crippen LogP contribution in [0.1, 0.15) is 30.0 Å². The van der Waals surface area contributed by atoms with Crippen molar-refractivity contribution < 1.29 is 0 Å². The van der Waals surface area contributed by atoms with E-state index >= 15 is 0 Å². The summed E-state index contributed by atoms with van der Waals surface area (Å²) in [6.45, 7) is 8.87. The minimum absolute atomic E-state index is 1.08. The maximum Gasteiger partial charge on any atom is 0.0235 e. The Morgan fingerprint density at radius 1 is 1.14 bits per heavy atom. The van der Waals surface area contributed by atoms with Crippen LogP contribution in [0.5, 0.6) is 0 Å². The molecule has 0 atom stereocenters. The summed E-state index contributed by atoms with van der Waals surface area (Å²) < 4.78 is 0. The molecule has 0 aliphatic carbocycles. The van der Waals surface area contributed by atoms with Crippen LogP contribution in [0.4, 0.5) is 0 Å². The largest absolute Gasteiger partial charge is 0.302 e. The molecule has 0 fully saturated rings. The fourth-order valence-electron chi connectivity index (χ4n) is 1.83. The number of benzene rings is 1. The highest BCUT2D eigenvalue weighted by atomic mass is 15.1. The highest BCUT2D eigenvalue weighted by Gasteiger charge is 2.04. The molecule has 0 saturated heterocycles. The first-order valence-electron chi connectivity index (χ1n) is 5.38. The summed E-state index contributed by atoms with van der Waals surface area (Å²) in [7, 11) is 2.19. The van der Waals surface area contributed by atoms with E-state index in [0.29, 0.717) is 0 Å². The Hall–Kier alpha value is -0.820. The van der Waals surface area contributed by atoms with E-state index in [2.05, 4.69) is 50.9 Å². The van der Waals surface area contributed by atoms with Crippen LogP contribution >= 0.6 is 0 Å². The molecule has 0 unspecified atom stereocenters.